The summed E-state index contributed by atoms with van der Waals surface area (Å²) in [5, 5.41) is 0. The molecule has 0 aromatic rings. The Bertz CT molecular complexity index is 237. The molecule has 1 fully saturated rings. The Balaban J connectivity index is 2.48. The first-order valence-corrected chi connectivity index (χ1v) is 6.04. The maximum Gasteiger partial charge on any atom is 0.319 e. The molecule has 0 radical (unpaired) electrons. The molecule has 0 heterocycles. The minimum absolute atomic E-state index is 0.155. The number of hydrogen-bond acceptors (Lipinski definition) is 4. The molecule has 0 unspecified atom stereocenters. The minimum Gasteiger partial charge on any atom is -0.468 e. The van der Waals surface area contributed by atoms with Crippen molar-refractivity contribution in [2.24, 2.45) is 11.1 Å². The van der Waals surface area contributed by atoms with Gasteiger partial charge < -0.3 is 10.5 Å². The Kier molecular flexibility index (Phi) is 4.74. The van der Waals surface area contributed by atoms with Crippen molar-refractivity contribution in [1.82, 2.24) is 4.90 Å². The second-order valence-electron chi connectivity index (χ2n) is 5.11. The van der Waals surface area contributed by atoms with Crippen molar-refractivity contribution < 1.29 is 9.53 Å². The molecule has 0 saturated heterocycles. The van der Waals surface area contributed by atoms with Crippen molar-refractivity contribution in [3.63, 3.8) is 0 Å². The molecular formula is C12H24N2O2. The zero-order chi connectivity index (χ0) is 12.2. The van der Waals surface area contributed by atoms with Gasteiger partial charge in [0.15, 0.2) is 0 Å². The van der Waals surface area contributed by atoms with Gasteiger partial charge in [-0.15, -0.1) is 0 Å². The number of methoxy groups -OCH3 is 1. The van der Waals surface area contributed by atoms with E-state index in [1.807, 2.05) is 0 Å². The molecule has 1 saturated carbocycles. The minimum atomic E-state index is -0.155. The van der Waals surface area contributed by atoms with Crippen molar-refractivity contribution in [2.75, 3.05) is 26.7 Å². The molecule has 0 amide bonds. The number of hydrogen-bond donors (Lipinski definition) is 1. The molecule has 2 N–H and O–H groups in total. The molecule has 1 aliphatic carbocycles. The first kappa shape index (κ1) is 13.5. The Morgan fingerprint density at radius 3 is 2.50 bits per heavy atom. The van der Waals surface area contributed by atoms with Crippen LogP contribution in [0.25, 0.3) is 0 Å². The van der Waals surface area contributed by atoms with Crippen LogP contribution >= 0.6 is 0 Å². The van der Waals surface area contributed by atoms with Crippen LogP contribution in [0.15, 0.2) is 0 Å². The number of carbonyl (C=O) groups is 1. The molecule has 0 bridgehead atoms. The van der Waals surface area contributed by atoms with Gasteiger partial charge in [-0.25, -0.2) is 0 Å². The second kappa shape index (κ2) is 5.64. The van der Waals surface area contributed by atoms with E-state index in [4.69, 9.17) is 10.5 Å². The largest absolute Gasteiger partial charge is 0.468 e. The number of ether oxygens (including phenoxy) is 1. The third kappa shape index (κ3) is 3.76. The monoisotopic (exact) mass is 228 g/mol. The van der Waals surface area contributed by atoms with Crippen LogP contribution in [0.5, 0.6) is 0 Å². The zero-order valence-electron chi connectivity index (χ0n) is 10.7. The summed E-state index contributed by atoms with van der Waals surface area (Å²) in [5.41, 5.74) is 6.01. The first-order chi connectivity index (χ1) is 7.53. The summed E-state index contributed by atoms with van der Waals surface area (Å²) in [6.07, 6.45) is 3.56. The second-order valence-corrected chi connectivity index (χ2v) is 5.11. The molecule has 0 atom stereocenters. The molecule has 0 aromatic heterocycles. The van der Waals surface area contributed by atoms with Crippen molar-refractivity contribution in [3.05, 3.63) is 0 Å². The lowest BCUT2D eigenvalue weighted by molar-refractivity contribution is -0.142. The maximum atomic E-state index is 11.3. The topological polar surface area (TPSA) is 55.6 Å². The summed E-state index contributed by atoms with van der Waals surface area (Å²) in [6.45, 7) is 6.32. The molecule has 1 rings (SSSR count). The number of nitrogens with zero attached hydrogens (tertiary/aromatic N) is 1. The molecule has 0 aromatic carbocycles. The highest BCUT2D eigenvalue weighted by Gasteiger charge is 2.43. The Labute approximate surface area is 98.1 Å². The van der Waals surface area contributed by atoms with E-state index >= 15 is 0 Å². The van der Waals surface area contributed by atoms with Crippen LogP contribution < -0.4 is 5.73 Å². The molecule has 0 spiro atoms. The number of carbonyl (C=O) groups excluding carboxylic acids is 1. The van der Waals surface area contributed by atoms with Crippen molar-refractivity contribution >= 4 is 5.97 Å². The van der Waals surface area contributed by atoms with E-state index in [0.717, 1.165) is 19.5 Å². The summed E-state index contributed by atoms with van der Waals surface area (Å²) in [4.78, 5) is 13.5. The van der Waals surface area contributed by atoms with Gasteiger partial charge in [-0.1, -0.05) is 0 Å². The quantitative estimate of drug-likeness (QED) is 0.660. The Morgan fingerprint density at radius 1 is 1.50 bits per heavy atom. The van der Waals surface area contributed by atoms with E-state index in [2.05, 4.69) is 18.7 Å². The van der Waals surface area contributed by atoms with E-state index in [1.54, 1.807) is 0 Å². The summed E-state index contributed by atoms with van der Waals surface area (Å²) < 4.78 is 4.72. The van der Waals surface area contributed by atoms with Gasteiger partial charge in [-0.2, -0.15) is 0 Å². The van der Waals surface area contributed by atoms with E-state index in [0.29, 0.717) is 18.0 Å². The van der Waals surface area contributed by atoms with Gasteiger partial charge >= 0.3 is 5.97 Å². The maximum absolute atomic E-state index is 11.3. The van der Waals surface area contributed by atoms with E-state index in [9.17, 15) is 4.79 Å². The lowest BCUT2D eigenvalue weighted by Gasteiger charge is -2.29. The predicted molar refractivity (Wildman–Crippen MR) is 64.1 cm³/mol. The average molecular weight is 228 g/mol. The molecule has 4 nitrogen and oxygen atoms in total. The van der Waals surface area contributed by atoms with E-state index < -0.39 is 0 Å². The SMILES string of the molecule is COC(=O)CN(CC1(CCN)CC1)C(C)C. The van der Waals surface area contributed by atoms with Crippen LogP contribution in [0.2, 0.25) is 0 Å². The van der Waals surface area contributed by atoms with Gasteiger partial charge in [0, 0.05) is 12.6 Å². The fourth-order valence-corrected chi connectivity index (χ4v) is 2.05. The van der Waals surface area contributed by atoms with Crippen molar-refractivity contribution in [3.8, 4) is 0 Å². The molecule has 0 aliphatic heterocycles. The lowest BCUT2D eigenvalue weighted by atomic mass is 10.0. The lowest BCUT2D eigenvalue weighted by Crippen LogP contribution is -2.40. The fourth-order valence-electron chi connectivity index (χ4n) is 2.05. The highest BCUT2D eigenvalue weighted by atomic mass is 16.5. The van der Waals surface area contributed by atoms with Gasteiger partial charge in [0.05, 0.1) is 13.7 Å². The van der Waals surface area contributed by atoms with Crippen molar-refractivity contribution in [2.45, 2.75) is 39.2 Å². The standard InChI is InChI=1S/C12H24N2O2/c1-10(2)14(8-11(15)16-3)9-12(4-5-12)6-7-13/h10H,4-9,13H2,1-3H3. The smallest absolute Gasteiger partial charge is 0.319 e. The van der Waals surface area contributed by atoms with Crippen LogP contribution in [0.4, 0.5) is 0 Å². The zero-order valence-corrected chi connectivity index (χ0v) is 10.7. The molecule has 4 heteroatoms. The van der Waals surface area contributed by atoms with E-state index in [-0.39, 0.29) is 5.97 Å². The molecule has 16 heavy (non-hydrogen) atoms. The van der Waals surface area contributed by atoms with Gasteiger partial charge in [0.25, 0.3) is 0 Å². The third-order valence-corrected chi connectivity index (χ3v) is 3.46. The van der Waals surface area contributed by atoms with Gasteiger partial charge in [0.1, 0.15) is 0 Å². The summed E-state index contributed by atoms with van der Waals surface area (Å²) in [7, 11) is 1.44. The fraction of sp³-hybridized carbons (Fsp3) is 0.917. The van der Waals surface area contributed by atoms with Crippen LogP contribution in [0.1, 0.15) is 33.1 Å². The summed E-state index contributed by atoms with van der Waals surface area (Å²) in [6, 6.07) is 0.370. The Hall–Kier alpha value is -0.610. The normalized spacial score (nSPS) is 17.9. The van der Waals surface area contributed by atoms with Crippen LogP contribution in [-0.2, 0) is 9.53 Å². The first-order valence-electron chi connectivity index (χ1n) is 6.04. The number of esters is 1. The number of rotatable bonds is 7. The average Bonchev–Trinajstić information content (AvgIpc) is 2.97. The van der Waals surface area contributed by atoms with Gasteiger partial charge in [0.2, 0.25) is 0 Å². The van der Waals surface area contributed by atoms with Gasteiger partial charge in [-0.05, 0) is 45.1 Å². The Morgan fingerprint density at radius 2 is 2.12 bits per heavy atom. The van der Waals surface area contributed by atoms with Crippen molar-refractivity contribution in [1.29, 1.82) is 0 Å². The summed E-state index contributed by atoms with van der Waals surface area (Å²) in [5.74, 6) is -0.155. The van der Waals surface area contributed by atoms with Crippen LogP contribution in [0, 0.1) is 5.41 Å². The van der Waals surface area contributed by atoms with Crippen LogP contribution in [0.3, 0.4) is 0 Å². The molecule has 94 valence electrons. The predicted octanol–water partition coefficient (Wildman–Crippen LogP) is 0.999. The molecule has 1 aliphatic rings. The number of nitrogens with two attached hydrogens (primary N) is 1. The van der Waals surface area contributed by atoms with Crippen LogP contribution in [-0.4, -0.2) is 43.7 Å². The van der Waals surface area contributed by atoms with Gasteiger partial charge in [-0.3, -0.25) is 9.69 Å². The highest BCUT2D eigenvalue weighted by Crippen LogP contribution is 2.49. The van der Waals surface area contributed by atoms with E-state index in [1.165, 1.54) is 20.0 Å². The molecular weight excluding hydrogens is 204 g/mol. The summed E-state index contributed by atoms with van der Waals surface area (Å²) >= 11 is 0. The third-order valence-electron chi connectivity index (χ3n) is 3.46. The highest BCUT2D eigenvalue weighted by molar-refractivity contribution is 5.71.